The molecule has 0 unspecified atom stereocenters. The maximum absolute atomic E-state index is 14.0. The van der Waals surface area contributed by atoms with E-state index in [4.69, 9.17) is 0 Å². The van der Waals surface area contributed by atoms with Gasteiger partial charge in [0.25, 0.3) is 6.43 Å². The van der Waals surface area contributed by atoms with Gasteiger partial charge in [0.05, 0.1) is 5.69 Å². The molecular formula is C24H33F2N5O. The zero-order valence-corrected chi connectivity index (χ0v) is 19.1. The summed E-state index contributed by atoms with van der Waals surface area (Å²) in [5, 5.41) is 7.99. The first-order valence-corrected chi connectivity index (χ1v) is 11.5. The fraction of sp³-hybridized carbons (Fsp3) is 0.625. The molecule has 1 saturated heterocycles. The summed E-state index contributed by atoms with van der Waals surface area (Å²) in [6.07, 6.45) is 4.28. The van der Waals surface area contributed by atoms with Crippen molar-refractivity contribution < 1.29 is 13.6 Å². The van der Waals surface area contributed by atoms with E-state index in [9.17, 15) is 13.6 Å². The molecule has 1 amide bonds. The fourth-order valence-electron chi connectivity index (χ4n) is 4.77. The first kappa shape index (κ1) is 22.7. The Morgan fingerprint density at radius 2 is 2.16 bits per heavy atom. The van der Waals surface area contributed by atoms with Crippen LogP contribution in [0, 0.1) is 5.92 Å². The molecule has 3 atom stereocenters. The normalized spacial score (nSPS) is 23.7. The van der Waals surface area contributed by atoms with Crippen LogP contribution >= 0.6 is 0 Å². The Balaban J connectivity index is 1.43. The molecule has 4 heterocycles. The molecule has 0 aliphatic carbocycles. The summed E-state index contributed by atoms with van der Waals surface area (Å²) in [5.74, 6) is 0.936. The van der Waals surface area contributed by atoms with Gasteiger partial charge in [-0.25, -0.2) is 13.5 Å². The summed E-state index contributed by atoms with van der Waals surface area (Å²) in [6, 6.07) is 4.72. The molecule has 2 aliphatic rings. The highest BCUT2D eigenvalue weighted by Crippen LogP contribution is 2.38. The largest absolute Gasteiger partial charge is 0.367 e. The number of carbonyl (C=O) groups is 1. The second-order valence-electron chi connectivity index (χ2n) is 10.1. The van der Waals surface area contributed by atoms with E-state index in [-0.39, 0.29) is 23.3 Å². The molecule has 2 aromatic rings. The Bertz CT molecular complexity index is 924. The third kappa shape index (κ3) is 4.94. The van der Waals surface area contributed by atoms with Crippen molar-refractivity contribution in [1.29, 1.82) is 0 Å². The summed E-state index contributed by atoms with van der Waals surface area (Å²) in [5.41, 5.74) is 1.64. The third-order valence-electron chi connectivity index (χ3n) is 6.67. The number of carbonyl (C=O) groups excluding carboxylic acids is 1. The number of alkyl halides is 2. The van der Waals surface area contributed by atoms with Crippen LogP contribution in [0.2, 0.25) is 0 Å². The van der Waals surface area contributed by atoms with E-state index in [0.717, 1.165) is 30.6 Å². The van der Waals surface area contributed by atoms with Gasteiger partial charge in [-0.15, -0.1) is 0 Å². The lowest BCUT2D eigenvalue weighted by Gasteiger charge is -2.41. The lowest BCUT2D eigenvalue weighted by atomic mass is 9.85. The topological polar surface area (TPSA) is 63.1 Å². The number of nitrogens with one attached hydrogen (secondary N) is 1. The second kappa shape index (κ2) is 9.16. The highest BCUT2D eigenvalue weighted by Gasteiger charge is 2.39. The molecule has 4 rings (SSSR count). The predicted octanol–water partition coefficient (Wildman–Crippen LogP) is 4.44. The van der Waals surface area contributed by atoms with Gasteiger partial charge in [0, 0.05) is 49.4 Å². The van der Waals surface area contributed by atoms with E-state index in [1.165, 1.54) is 4.68 Å². The maximum Gasteiger partial charge on any atom is 0.260 e. The molecule has 0 spiro atoms. The predicted molar refractivity (Wildman–Crippen MR) is 120 cm³/mol. The number of aryl methyl sites for hydroxylation is 1. The van der Waals surface area contributed by atoms with Gasteiger partial charge in [-0.05, 0) is 43.2 Å². The van der Waals surface area contributed by atoms with Gasteiger partial charge in [0.1, 0.15) is 11.9 Å². The van der Waals surface area contributed by atoms with Gasteiger partial charge >= 0.3 is 0 Å². The molecule has 0 radical (unpaired) electrons. The van der Waals surface area contributed by atoms with E-state index >= 15 is 0 Å². The van der Waals surface area contributed by atoms with Gasteiger partial charge in [-0.3, -0.25) is 9.78 Å². The monoisotopic (exact) mass is 445 g/mol. The van der Waals surface area contributed by atoms with E-state index in [1.807, 2.05) is 43.9 Å². The first-order valence-electron chi connectivity index (χ1n) is 11.5. The summed E-state index contributed by atoms with van der Waals surface area (Å²) in [4.78, 5) is 18.9. The van der Waals surface area contributed by atoms with Gasteiger partial charge in [0.15, 0.2) is 0 Å². The Hall–Kier alpha value is -2.51. The van der Waals surface area contributed by atoms with Crippen molar-refractivity contribution in [3.63, 3.8) is 0 Å². The minimum atomic E-state index is -2.48. The van der Waals surface area contributed by atoms with Crippen LogP contribution in [0.25, 0.3) is 0 Å². The average molecular weight is 446 g/mol. The quantitative estimate of drug-likeness (QED) is 0.739. The number of aromatic nitrogens is 3. The Morgan fingerprint density at radius 1 is 1.34 bits per heavy atom. The number of hydrogen-bond donors (Lipinski definition) is 1. The number of anilines is 1. The van der Waals surface area contributed by atoms with Crippen LogP contribution in [0.15, 0.2) is 30.6 Å². The van der Waals surface area contributed by atoms with Crippen molar-refractivity contribution in [1.82, 2.24) is 19.7 Å². The minimum absolute atomic E-state index is 0.0973. The van der Waals surface area contributed by atoms with Gasteiger partial charge < -0.3 is 10.2 Å². The number of likely N-dealkylation sites (tertiary alicyclic amines) is 1. The van der Waals surface area contributed by atoms with Crippen molar-refractivity contribution >= 4 is 11.7 Å². The van der Waals surface area contributed by atoms with Crippen molar-refractivity contribution in [2.75, 3.05) is 18.4 Å². The average Bonchev–Trinajstić information content (AvgIpc) is 3.22. The lowest BCUT2D eigenvalue weighted by molar-refractivity contribution is -0.133. The van der Waals surface area contributed by atoms with Crippen LogP contribution in [-0.2, 0) is 16.6 Å². The fourth-order valence-corrected chi connectivity index (χ4v) is 4.77. The summed E-state index contributed by atoms with van der Waals surface area (Å²) in [6.45, 7) is 7.45. The summed E-state index contributed by atoms with van der Waals surface area (Å²) in [7, 11) is 0. The number of nitrogens with zero attached hydrogens (tertiary/aromatic N) is 4. The van der Waals surface area contributed by atoms with E-state index < -0.39 is 12.5 Å². The smallest absolute Gasteiger partial charge is 0.260 e. The summed E-state index contributed by atoms with van der Waals surface area (Å²) < 4.78 is 29.4. The number of amides is 1. The van der Waals surface area contributed by atoms with E-state index in [0.29, 0.717) is 31.6 Å². The Labute approximate surface area is 188 Å². The van der Waals surface area contributed by atoms with Crippen LogP contribution in [0.3, 0.4) is 0 Å². The molecule has 1 N–H and O–H groups in total. The molecule has 1 fully saturated rings. The van der Waals surface area contributed by atoms with Crippen molar-refractivity contribution in [2.24, 2.45) is 5.92 Å². The highest BCUT2D eigenvalue weighted by atomic mass is 19.3. The molecule has 0 saturated carbocycles. The number of rotatable bonds is 5. The molecule has 32 heavy (non-hydrogen) atoms. The maximum atomic E-state index is 14.0. The third-order valence-corrected chi connectivity index (χ3v) is 6.67. The SMILES string of the molecule is CC(C)(C)c1cc2n(n1)[C@@H](C(F)F)C[C@@H]([C@H]1CCCN(C(=O)CCc3cccnc3)C1)N2. The molecule has 2 aromatic heterocycles. The van der Waals surface area contributed by atoms with Gasteiger partial charge in [-0.1, -0.05) is 26.8 Å². The zero-order chi connectivity index (χ0) is 22.9. The van der Waals surface area contributed by atoms with Crippen LogP contribution < -0.4 is 5.32 Å². The van der Waals surface area contributed by atoms with Gasteiger partial charge in [0.2, 0.25) is 5.91 Å². The Morgan fingerprint density at radius 3 is 2.84 bits per heavy atom. The number of hydrogen-bond acceptors (Lipinski definition) is 4. The standard InChI is InChI=1S/C24H33F2N5O/c1-24(2,3)20-13-21-28-18(12-19(23(25)26)31(21)29-20)17-7-5-11-30(15-17)22(32)9-8-16-6-4-10-27-14-16/h4,6,10,13-14,17-19,23,28H,5,7-9,11-12,15H2,1-3H3/t17-,18-,19+/m0/s1. The number of pyridine rings is 1. The number of fused-ring (bicyclic) bond motifs is 1. The zero-order valence-electron chi connectivity index (χ0n) is 19.1. The van der Waals surface area contributed by atoms with Crippen LogP contribution in [0.5, 0.6) is 0 Å². The lowest BCUT2D eigenvalue weighted by Crippen LogP contribution is -2.48. The molecular weight excluding hydrogens is 412 g/mol. The second-order valence-corrected chi connectivity index (χ2v) is 10.1. The number of halogens is 2. The molecule has 0 bridgehead atoms. The van der Waals surface area contributed by atoms with Crippen LogP contribution in [0.1, 0.15) is 63.8 Å². The van der Waals surface area contributed by atoms with E-state index in [2.05, 4.69) is 15.4 Å². The van der Waals surface area contributed by atoms with Crippen LogP contribution in [0.4, 0.5) is 14.6 Å². The minimum Gasteiger partial charge on any atom is -0.367 e. The van der Waals surface area contributed by atoms with Crippen LogP contribution in [-0.4, -0.2) is 51.1 Å². The Kier molecular flexibility index (Phi) is 6.49. The molecule has 0 aromatic carbocycles. The molecule has 8 heteroatoms. The van der Waals surface area contributed by atoms with Gasteiger partial charge in [-0.2, -0.15) is 5.10 Å². The number of piperidine rings is 1. The highest BCUT2D eigenvalue weighted by molar-refractivity contribution is 5.76. The van der Waals surface area contributed by atoms with Crippen molar-refractivity contribution in [3.05, 3.63) is 41.9 Å². The molecule has 2 aliphatic heterocycles. The molecule has 174 valence electrons. The van der Waals surface area contributed by atoms with Crippen molar-refractivity contribution in [2.45, 2.75) is 76.8 Å². The van der Waals surface area contributed by atoms with E-state index in [1.54, 1.807) is 12.4 Å². The van der Waals surface area contributed by atoms with Crippen molar-refractivity contribution in [3.8, 4) is 0 Å². The molecule has 6 nitrogen and oxygen atoms in total. The summed E-state index contributed by atoms with van der Waals surface area (Å²) >= 11 is 0. The first-order chi connectivity index (χ1) is 15.2.